The summed E-state index contributed by atoms with van der Waals surface area (Å²) < 4.78 is 24.5. The predicted molar refractivity (Wildman–Crippen MR) is 69.2 cm³/mol. The Morgan fingerprint density at radius 1 is 1.22 bits per heavy atom. The van der Waals surface area contributed by atoms with E-state index >= 15 is 0 Å². The van der Waals surface area contributed by atoms with E-state index in [2.05, 4.69) is 0 Å². The predicted octanol–water partition coefficient (Wildman–Crippen LogP) is 4.21. The number of ether oxygens (including phenoxy) is 2. The van der Waals surface area contributed by atoms with E-state index < -0.39 is 0 Å². The fourth-order valence-electron chi connectivity index (χ4n) is 2.42. The summed E-state index contributed by atoms with van der Waals surface area (Å²) in [6.45, 7) is 3.74. The van der Waals surface area contributed by atoms with Crippen molar-refractivity contribution < 1.29 is 13.9 Å². The fourth-order valence-corrected chi connectivity index (χ4v) is 2.42. The lowest BCUT2D eigenvalue weighted by molar-refractivity contribution is -0.117. The third-order valence-corrected chi connectivity index (χ3v) is 3.37. The SMILES string of the molecule is Cc1cc(F)ccc1OC(C)OC1CCCCC1. The van der Waals surface area contributed by atoms with Crippen LogP contribution in [0.25, 0.3) is 0 Å². The first-order valence-electron chi connectivity index (χ1n) is 6.73. The summed E-state index contributed by atoms with van der Waals surface area (Å²) in [4.78, 5) is 0. The van der Waals surface area contributed by atoms with E-state index in [0.29, 0.717) is 11.9 Å². The molecule has 3 heteroatoms. The first kappa shape index (κ1) is 13.3. The minimum absolute atomic E-state index is 0.235. The molecule has 1 aliphatic rings. The van der Waals surface area contributed by atoms with Gasteiger partial charge in [0.05, 0.1) is 6.10 Å². The maximum Gasteiger partial charge on any atom is 0.197 e. The minimum atomic E-state index is -0.280. The molecule has 0 N–H and O–H groups in total. The lowest BCUT2D eigenvalue weighted by Crippen LogP contribution is -2.26. The quantitative estimate of drug-likeness (QED) is 0.747. The molecule has 0 radical (unpaired) electrons. The second-order valence-electron chi connectivity index (χ2n) is 4.99. The number of hydrogen-bond donors (Lipinski definition) is 0. The van der Waals surface area contributed by atoms with Crippen LogP contribution >= 0.6 is 0 Å². The summed E-state index contributed by atoms with van der Waals surface area (Å²) in [6.07, 6.45) is 6.07. The van der Waals surface area contributed by atoms with Crippen LogP contribution in [0.1, 0.15) is 44.6 Å². The van der Waals surface area contributed by atoms with E-state index in [1.54, 1.807) is 6.07 Å². The van der Waals surface area contributed by atoms with Crippen LogP contribution in [0.2, 0.25) is 0 Å². The molecule has 1 aromatic rings. The normalized spacial score (nSPS) is 18.6. The zero-order valence-electron chi connectivity index (χ0n) is 11.1. The number of benzene rings is 1. The molecule has 1 fully saturated rings. The van der Waals surface area contributed by atoms with E-state index in [1.165, 1.54) is 31.4 Å². The smallest absolute Gasteiger partial charge is 0.197 e. The molecule has 1 aliphatic carbocycles. The summed E-state index contributed by atoms with van der Waals surface area (Å²) in [5.74, 6) is 0.459. The highest BCUT2D eigenvalue weighted by molar-refractivity contribution is 5.32. The number of hydrogen-bond acceptors (Lipinski definition) is 2. The molecule has 0 aromatic heterocycles. The number of aryl methyl sites for hydroxylation is 1. The van der Waals surface area contributed by atoms with E-state index in [1.807, 2.05) is 13.8 Å². The van der Waals surface area contributed by atoms with Crippen molar-refractivity contribution in [3.63, 3.8) is 0 Å². The van der Waals surface area contributed by atoms with Gasteiger partial charge < -0.3 is 9.47 Å². The molecule has 2 rings (SSSR count). The standard InChI is InChI=1S/C15H21FO2/c1-11-10-13(16)8-9-15(11)18-12(2)17-14-6-4-3-5-7-14/h8-10,12,14H,3-7H2,1-2H3. The Kier molecular flexibility index (Phi) is 4.59. The van der Waals surface area contributed by atoms with Crippen LogP contribution in [-0.2, 0) is 4.74 Å². The molecule has 0 aliphatic heterocycles. The van der Waals surface area contributed by atoms with Crippen molar-refractivity contribution >= 4 is 0 Å². The maximum atomic E-state index is 13.0. The molecule has 100 valence electrons. The first-order valence-corrected chi connectivity index (χ1v) is 6.73. The van der Waals surface area contributed by atoms with Crippen LogP contribution in [0, 0.1) is 12.7 Å². The molecule has 0 spiro atoms. The highest BCUT2D eigenvalue weighted by atomic mass is 19.1. The Morgan fingerprint density at radius 2 is 1.94 bits per heavy atom. The zero-order chi connectivity index (χ0) is 13.0. The molecule has 1 aromatic carbocycles. The topological polar surface area (TPSA) is 18.5 Å². The van der Waals surface area contributed by atoms with E-state index in [4.69, 9.17) is 9.47 Å². The molecule has 2 nitrogen and oxygen atoms in total. The van der Waals surface area contributed by atoms with Crippen LogP contribution in [0.3, 0.4) is 0 Å². The molecule has 0 heterocycles. The second kappa shape index (κ2) is 6.19. The minimum Gasteiger partial charge on any atom is -0.465 e. The van der Waals surface area contributed by atoms with Crippen molar-refractivity contribution in [1.29, 1.82) is 0 Å². The van der Waals surface area contributed by atoms with Gasteiger partial charge in [-0.2, -0.15) is 0 Å². The van der Waals surface area contributed by atoms with Gasteiger partial charge in [-0.05, 0) is 50.5 Å². The summed E-state index contributed by atoms with van der Waals surface area (Å²) in [7, 11) is 0. The monoisotopic (exact) mass is 252 g/mol. The van der Waals surface area contributed by atoms with Crippen LogP contribution in [-0.4, -0.2) is 12.4 Å². The third-order valence-electron chi connectivity index (χ3n) is 3.37. The molecule has 0 saturated heterocycles. The Hall–Kier alpha value is -1.09. The van der Waals surface area contributed by atoms with Crippen molar-refractivity contribution in [2.75, 3.05) is 0 Å². The van der Waals surface area contributed by atoms with Crippen molar-refractivity contribution in [2.24, 2.45) is 0 Å². The summed E-state index contributed by atoms with van der Waals surface area (Å²) in [5, 5.41) is 0. The molecular formula is C15H21FO2. The van der Waals surface area contributed by atoms with E-state index in [9.17, 15) is 4.39 Å². The van der Waals surface area contributed by atoms with Gasteiger partial charge in [-0.3, -0.25) is 0 Å². The van der Waals surface area contributed by atoms with Crippen LogP contribution < -0.4 is 4.74 Å². The van der Waals surface area contributed by atoms with Crippen molar-refractivity contribution in [1.82, 2.24) is 0 Å². The van der Waals surface area contributed by atoms with E-state index in [-0.39, 0.29) is 12.1 Å². The van der Waals surface area contributed by atoms with Crippen LogP contribution in [0.4, 0.5) is 4.39 Å². The molecular weight excluding hydrogens is 231 g/mol. The van der Waals surface area contributed by atoms with Gasteiger partial charge in [0.2, 0.25) is 0 Å². The van der Waals surface area contributed by atoms with Crippen LogP contribution in [0.15, 0.2) is 18.2 Å². The highest BCUT2D eigenvalue weighted by Gasteiger charge is 2.17. The largest absolute Gasteiger partial charge is 0.465 e. The lowest BCUT2D eigenvalue weighted by atomic mass is 9.98. The van der Waals surface area contributed by atoms with Gasteiger partial charge in [0.1, 0.15) is 11.6 Å². The molecule has 0 bridgehead atoms. The van der Waals surface area contributed by atoms with Gasteiger partial charge in [-0.1, -0.05) is 19.3 Å². The summed E-state index contributed by atoms with van der Waals surface area (Å²) in [6, 6.07) is 4.55. The van der Waals surface area contributed by atoms with E-state index in [0.717, 1.165) is 18.4 Å². The lowest BCUT2D eigenvalue weighted by Gasteiger charge is -2.26. The molecule has 0 amide bonds. The first-order chi connectivity index (χ1) is 8.65. The molecule has 1 saturated carbocycles. The number of rotatable bonds is 4. The van der Waals surface area contributed by atoms with Gasteiger partial charge in [0.25, 0.3) is 0 Å². The summed E-state index contributed by atoms with van der Waals surface area (Å²) in [5.41, 5.74) is 0.800. The molecule has 18 heavy (non-hydrogen) atoms. The molecule has 1 atom stereocenters. The van der Waals surface area contributed by atoms with Crippen molar-refractivity contribution in [3.8, 4) is 5.75 Å². The fraction of sp³-hybridized carbons (Fsp3) is 0.600. The van der Waals surface area contributed by atoms with Crippen LogP contribution in [0.5, 0.6) is 5.75 Å². The van der Waals surface area contributed by atoms with Gasteiger partial charge in [0.15, 0.2) is 6.29 Å². The number of halogens is 1. The third kappa shape index (κ3) is 3.70. The highest BCUT2D eigenvalue weighted by Crippen LogP contribution is 2.24. The van der Waals surface area contributed by atoms with Gasteiger partial charge in [-0.15, -0.1) is 0 Å². The van der Waals surface area contributed by atoms with Crippen molar-refractivity contribution in [2.45, 2.75) is 58.3 Å². The average Bonchev–Trinajstić information content (AvgIpc) is 2.34. The Balaban J connectivity index is 1.87. The Bertz CT molecular complexity index is 386. The van der Waals surface area contributed by atoms with Gasteiger partial charge >= 0.3 is 0 Å². The Morgan fingerprint density at radius 3 is 2.61 bits per heavy atom. The average molecular weight is 252 g/mol. The van der Waals surface area contributed by atoms with Gasteiger partial charge in [0, 0.05) is 0 Å². The second-order valence-corrected chi connectivity index (χ2v) is 4.99. The Labute approximate surface area is 108 Å². The zero-order valence-corrected chi connectivity index (χ0v) is 11.1. The van der Waals surface area contributed by atoms with Crippen molar-refractivity contribution in [3.05, 3.63) is 29.6 Å². The molecule has 1 unspecified atom stereocenters. The van der Waals surface area contributed by atoms with Gasteiger partial charge in [-0.25, -0.2) is 4.39 Å². The maximum absolute atomic E-state index is 13.0. The summed E-state index contributed by atoms with van der Waals surface area (Å²) >= 11 is 0.